The molecule has 1 fully saturated rings. The number of benzene rings is 1. The first kappa shape index (κ1) is 11.2. The SMILES string of the molecule is NC(c1ccc2c(c1)CCCC2)C1(CO)CC1. The first-order valence-electron chi connectivity index (χ1n) is 6.73. The van der Waals surface area contributed by atoms with Gasteiger partial charge in [0.2, 0.25) is 0 Å². The quantitative estimate of drug-likeness (QED) is 0.838. The first-order valence-corrected chi connectivity index (χ1v) is 6.73. The second-order valence-electron chi connectivity index (χ2n) is 5.73. The number of nitrogens with two attached hydrogens (primary N) is 1. The Kier molecular flexibility index (Phi) is 2.72. The molecule has 1 atom stereocenters. The van der Waals surface area contributed by atoms with Crippen molar-refractivity contribution >= 4 is 0 Å². The molecule has 0 amide bonds. The van der Waals surface area contributed by atoms with Gasteiger partial charge in [0.1, 0.15) is 0 Å². The maximum absolute atomic E-state index is 9.45. The second-order valence-corrected chi connectivity index (χ2v) is 5.73. The van der Waals surface area contributed by atoms with Crippen LogP contribution in [0.2, 0.25) is 0 Å². The standard InChI is InChI=1S/C15H21NO/c16-14(15(10-17)7-8-15)13-6-5-11-3-1-2-4-12(11)9-13/h5-6,9,14,17H,1-4,7-8,10,16H2. The van der Waals surface area contributed by atoms with Gasteiger partial charge in [0, 0.05) is 11.5 Å². The summed E-state index contributed by atoms with van der Waals surface area (Å²) in [6.45, 7) is 0.227. The molecule has 0 heterocycles. The van der Waals surface area contributed by atoms with Crippen molar-refractivity contribution in [2.75, 3.05) is 6.61 Å². The molecule has 0 aliphatic heterocycles. The Balaban J connectivity index is 1.88. The van der Waals surface area contributed by atoms with Crippen molar-refractivity contribution in [2.45, 2.75) is 44.6 Å². The molecule has 2 heteroatoms. The molecule has 0 spiro atoms. The topological polar surface area (TPSA) is 46.2 Å². The summed E-state index contributed by atoms with van der Waals surface area (Å²) in [6.07, 6.45) is 7.18. The predicted octanol–water partition coefficient (Wildman–Crippen LogP) is 2.34. The molecule has 3 N–H and O–H groups in total. The summed E-state index contributed by atoms with van der Waals surface area (Å²) in [5, 5.41) is 9.45. The van der Waals surface area contributed by atoms with Crippen LogP contribution in [0.5, 0.6) is 0 Å². The molecule has 1 unspecified atom stereocenters. The zero-order valence-corrected chi connectivity index (χ0v) is 10.3. The molecular weight excluding hydrogens is 210 g/mol. The fraction of sp³-hybridized carbons (Fsp3) is 0.600. The fourth-order valence-corrected chi connectivity index (χ4v) is 3.03. The second kappa shape index (κ2) is 4.11. The van der Waals surface area contributed by atoms with Crippen molar-refractivity contribution in [3.63, 3.8) is 0 Å². The van der Waals surface area contributed by atoms with Gasteiger partial charge in [0.15, 0.2) is 0 Å². The number of aliphatic hydroxyl groups excluding tert-OH is 1. The van der Waals surface area contributed by atoms with E-state index >= 15 is 0 Å². The minimum atomic E-state index is -0.0110. The molecule has 2 aliphatic rings. The van der Waals surface area contributed by atoms with Crippen LogP contribution in [0.25, 0.3) is 0 Å². The molecule has 1 aromatic rings. The number of hydrogen-bond acceptors (Lipinski definition) is 2. The molecular formula is C15H21NO. The van der Waals surface area contributed by atoms with E-state index in [9.17, 15) is 5.11 Å². The first-order chi connectivity index (χ1) is 8.25. The number of aryl methyl sites for hydroxylation is 2. The third-order valence-electron chi connectivity index (χ3n) is 4.60. The molecule has 2 nitrogen and oxygen atoms in total. The van der Waals surface area contributed by atoms with E-state index in [0.29, 0.717) is 0 Å². The van der Waals surface area contributed by atoms with Gasteiger partial charge in [-0.3, -0.25) is 0 Å². The number of aliphatic hydroxyl groups is 1. The molecule has 17 heavy (non-hydrogen) atoms. The zero-order chi connectivity index (χ0) is 11.9. The van der Waals surface area contributed by atoms with Crippen LogP contribution in [0, 0.1) is 5.41 Å². The minimum Gasteiger partial charge on any atom is -0.396 e. The van der Waals surface area contributed by atoms with Gasteiger partial charge < -0.3 is 10.8 Å². The summed E-state index contributed by atoms with van der Waals surface area (Å²) < 4.78 is 0. The molecule has 0 radical (unpaired) electrons. The van der Waals surface area contributed by atoms with Crippen LogP contribution in [-0.4, -0.2) is 11.7 Å². The third kappa shape index (κ3) is 1.90. The zero-order valence-electron chi connectivity index (χ0n) is 10.3. The summed E-state index contributed by atoms with van der Waals surface area (Å²) in [7, 11) is 0. The van der Waals surface area contributed by atoms with Crippen LogP contribution < -0.4 is 5.73 Å². The number of fused-ring (bicyclic) bond motifs is 1. The van der Waals surface area contributed by atoms with E-state index in [1.54, 1.807) is 0 Å². The van der Waals surface area contributed by atoms with Gasteiger partial charge in [0.25, 0.3) is 0 Å². The van der Waals surface area contributed by atoms with E-state index in [1.165, 1.54) is 42.4 Å². The van der Waals surface area contributed by atoms with Gasteiger partial charge in [-0.2, -0.15) is 0 Å². The molecule has 2 aliphatic carbocycles. The van der Waals surface area contributed by atoms with Crippen LogP contribution in [0.1, 0.15) is 48.4 Å². The van der Waals surface area contributed by atoms with Crippen LogP contribution in [0.4, 0.5) is 0 Å². The molecule has 92 valence electrons. The third-order valence-corrected chi connectivity index (χ3v) is 4.60. The van der Waals surface area contributed by atoms with Crippen LogP contribution >= 0.6 is 0 Å². The van der Waals surface area contributed by atoms with E-state index in [1.807, 2.05) is 0 Å². The van der Waals surface area contributed by atoms with Crippen LogP contribution in [0.15, 0.2) is 18.2 Å². The van der Waals surface area contributed by atoms with Gasteiger partial charge in [0.05, 0.1) is 6.61 Å². The van der Waals surface area contributed by atoms with Gasteiger partial charge in [-0.15, -0.1) is 0 Å². The van der Waals surface area contributed by atoms with E-state index in [4.69, 9.17) is 5.73 Å². The summed E-state index contributed by atoms with van der Waals surface area (Å²) in [4.78, 5) is 0. The number of hydrogen-bond donors (Lipinski definition) is 2. The summed E-state index contributed by atoms with van der Waals surface area (Å²) in [5.74, 6) is 0. The van der Waals surface area contributed by atoms with Crippen molar-refractivity contribution in [2.24, 2.45) is 11.1 Å². The largest absolute Gasteiger partial charge is 0.396 e. The highest BCUT2D eigenvalue weighted by molar-refractivity contribution is 5.36. The van der Waals surface area contributed by atoms with Gasteiger partial charge in [-0.25, -0.2) is 0 Å². The normalized spacial score (nSPS) is 22.9. The highest BCUT2D eigenvalue weighted by atomic mass is 16.3. The van der Waals surface area contributed by atoms with E-state index < -0.39 is 0 Å². The predicted molar refractivity (Wildman–Crippen MR) is 68.8 cm³/mol. The Labute approximate surface area is 103 Å². The monoisotopic (exact) mass is 231 g/mol. The lowest BCUT2D eigenvalue weighted by atomic mass is 9.85. The smallest absolute Gasteiger partial charge is 0.0505 e. The molecule has 1 saturated carbocycles. The van der Waals surface area contributed by atoms with Gasteiger partial charge in [-0.1, -0.05) is 18.2 Å². The van der Waals surface area contributed by atoms with Crippen molar-refractivity contribution < 1.29 is 5.11 Å². The Morgan fingerprint density at radius 1 is 1.18 bits per heavy atom. The molecule has 0 aromatic heterocycles. The van der Waals surface area contributed by atoms with Crippen molar-refractivity contribution in [3.05, 3.63) is 34.9 Å². The lowest BCUT2D eigenvalue weighted by Crippen LogP contribution is -2.26. The highest BCUT2D eigenvalue weighted by Crippen LogP contribution is 2.53. The Bertz CT molecular complexity index is 423. The maximum atomic E-state index is 9.45. The van der Waals surface area contributed by atoms with Crippen molar-refractivity contribution in [3.8, 4) is 0 Å². The summed E-state index contributed by atoms with van der Waals surface area (Å²) in [6, 6.07) is 6.72. The Morgan fingerprint density at radius 2 is 1.88 bits per heavy atom. The van der Waals surface area contributed by atoms with Gasteiger partial charge >= 0.3 is 0 Å². The van der Waals surface area contributed by atoms with E-state index in [2.05, 4.69) is 18.2 Å². The highest BCUT2D eigenvalue weighted by Gasteiger charge is 2.47. The molecule has 1 aromatic carbocycles. The molecule has 0 saturated heterocycles. The van der Waals surface area contributed by atoms with E-state index in [0.717, 1.165) is 12.8 Å². The lowest BCUT2D eigenvalue weighted by molar-refractivity contribution is 0.187. The summed E-state index contributed by atoms with van der Waals surface area (Å²) >= 11 is 0. The minimum absolute atomic E-state index is 0.0110. The maximum Gasteiger partial charge on any atom is 0.0505 e. The van der Waals surface area contributed by atoms with Crippen LogP contribution in [0.3, 0.4) is 0 Å². The fourth-order valence-electron chi connectivity index (χ4n) is 3.03. The average Bonchev–Trinajstić information content (AvgIpc) is 3.18. The average molecular weight is 231 g/mol. The Hall–Kier alpha value is -0.860. The Morgan fingerprint density at radius 3 is 2.53 bits per heavy atom. The molecule has 3 rings (SSSR count). The number of rotatable bonds is 3. The van der Waals surface area contributed by atoms with Crippen LogP contribution in [-0.2, 0) is 12.8 Å². The molecule has 0 bridgehead atoms. The summed E-state index contributed by atoms with van der Waals surface area (Å²) in [5.41, 5.74) is 10.5. The van der Waals surface area contributed by atoms with Crippen molar-refractivity contribution in [1.82, 2.24) is 0 Å². The van der Waals surface area contributed by atoms with Gasteiger partial charge in [-0.05, 0) is 55.2 Å². The van der Waals surface area contributed by atoms with Crippen molar-refractivity contribution in [1.29, 1.82) is 0 Å². The van der Waals surface area contributed by atoms with E-state index in [-0.39, 0.29) is 18.1 Å². The lowest BCUT2D eigenvalue weighted by Gasteiger charge is -2.24.